The number of halogens is 4. The number of fused-ring (bicyclic) bond motifs is 1. The molecule has 0 fully saturated rings. The van der Waals surface area contributed by atoms with Crippen molar-refractivity contribution in [2.45, 2.75) is 40.8 Å². The van der Waals surface area contributed by atoms with Crippen LogP contribution in [0.1, 0.15) is 60.4 Å². The van der Waals surface area contributed by atoms with E-state index < -0.39 is 17.6 Å². The van der Waals surface area contributed by atoms with E-state index in [0.717, 1.165) is 17.7 Å². The van der Waals surface area contributed by atoms with Crippen LogP contribution in [0.4, 0.5) is 18.9 Å². The Balaban J connectivity index is 0.00000112. The predicted molar refractivity (Wildman–Crippen MR) is 151 cm³/mol. The predicted octanol–water partition coefficient (Wildman–Crippen LogP) is 8.33. The molecule has 1 N–H and O–H groups in total. The minimum absolute atomic E-state index is 0.0294. The normalized spacial score (nSPS) is 9.82. The number of aryl methyl sites for hydroxylation is 1. The second kappa shape index (κ2) is 15.4. The number of aromatic nitrogens is 3. The summed E-state index contributed by atoms with van der Waals surface area (Å²) >= 11 is 3.05. The van der Waals surface area contributed by atoms with Gasteiger partial charge in [-0.3, -0.25) is 4.79 Å². The second-order valence-corrected chi connectivity index (χ2v) is 7.81. The Labute approximate surface area is 229 Å². The fourth-order valence-electron chi connectivity index (χ4n) is 2.97. The Bertz CT molecular complexity index is 1420. The van der Waals surface area contributed by atoms with E-state index in [2.05, 4.69) is 56.3 Å². The topological polar surface area (TPSA) is 59.3 Å². The maximum absolute atomic E-state index is 13.0. The Morgan fingerprint density at radius 2 is 1.71 bits per heavy atom. The van der Waals surface area contributed by atoms with Crippen LogP contribution in [-0.2, 0) is 6.18 Å². The molecule has 5 nitrogen and oxygen atoms in total. The van der Waals surface area contributed by atoms with Gasteiger partial charge >= 0.3 is 6.18 Å². The molecule has 0 radical (unpaired) electrons. The number of amides is 1. The van der Waals surface area contributed by atoms with Crippen molar-refractivity contribution in [1.29, 1.82) is 0 Å². The lowest BCUT2D eigenvalue weighted by Crippen LogP contribution is -2.13. The van der Waals surface area contributed by atoms with Gasteiger partial charge in [0.2, 0.25) is 0 Å². The van der Waals surface area contributed by atoms with Crippen molar-refractivity contribution in [2.75, 3.05) is 5.32 Å². The number of anilines is 1. The van der Waals surface area contributed by atoms with Crippen molar-refractivity contribution >= 4 is 33.2 Å². The fraction of sp³-hybridized carbons (Fsp3) is 0.207. The summed E-state index contributed by atoms with van der Waals surface area (Å²) < 4.78 is 40.9. The van der Waals surface area contributed by atoms with Crippen LogP contribution in [0, 0.1) is 18.8 Å². The Morgan fingerprint density at radius 3 is 2.37 bits per heavy atom. The van der Waals surface area contributed by atoms with Crippen molar-refractivity contribution in [3.63, 3.8) is 0 Å². The fourth-order valence-corrected chi connectivity index (χ4v) is 3.47. The van der Waals surface area contributed by atoms with Crippen molar-refractivity contribution in [2.24, 2.45) is 0 Å². The minimum Gasteiger partial charge on any atom is -0.322 e. The van der Waals surface area contributed by atoms with Gasteiger partial charge in [-0.25, -0.2) is 9.50 Å². The summed E-state index contributed by atoms with van der Waals surface area (Å²) in [5.74, 6) is 5.47. The van der Waals surface area contributed by atoms with Crippen LogP contribution in [0.5, 0.6) is 0 Å². The molecule has 200 valence electrons. The van der Waals surface area contributed by atoms with Crippen molar-refractivity contribution in [3.8, 4) is 11.8 Å². The van der Waals surface area contributed by atoms with E-state index in [1.807, 2.05) is 34.6 Å². The maximum Gasteiger partial charge on any atom is 0.416 e. The molecule has 0 unspecified atom stereocenters. The van der Waals surface area contributed by atoms with E-state index in [9.17, 15) is 18.0 Å². The lowest BCUT2D eigenvalue weighted by atomic mass is 10.0. The number of carbonyl (C=O) groups excluding carboxylic acids is 1. The number of nitrogens with one attached hydrogen (secondary N) is 1. The Kier molecular flexibility index (Phi) is 13.0. The summed E-state index contributed by atoms with van der Waals surface area (Å²) in [7, 11) is 0. The van der Waals surface area contributed by atoms with E-state index >= 15 is 0 Å². The summed E-state index contributed by atoms with van der Waals surface area (Å²) in [5.41, 5.74) is 2.13. The molecule has 9 heteroatoms. The van der Waals surface area contributed by atoms with Crippen molar-refractivity contribution < 1.29 is 18.0 Å². The van der Waals surface area contributed by atoms with Gasteiger partial charge in [-0.15, -0.1) is 13.2 Å². The first-order valence-electron chi connectivity index (χ1n) is 11.8. The molecule has 0 saturated carbocycles. The third-order valence-electron chi connectivity index (χ3n) is 4.59. The molecule has 0 aliphatic rings. The van der Waals surface area contributed by atoms with Crippen molar-refractivity contribution in [1.82, 2.24) is 14.6 Å². The van der Waals surface area contributed by atoms with E-state index in [-0.39, 0.29) is 15.7 Å². The molecule has 4 aromatic rings. The minimum atomic E-state index is -4.53. The smallest absolute Gasteiger partial charge is 0.322 e. The quantitative estimate of drug-likeness (QED) is 0.190. The average molecular weight is 587 g/mol. The molecule has 0 aliphatic carbocycles. The number of alkyl halides is 3. The van der Waals surface area contributed by atoms with Crippen LogP contribution in [0.2, 0.25) is 0 Å². The summed E-state index contributed by atoms with van der Waals surface area (Å²) in [6.45, 7) is 15.8. The lowest BCUT2D eigenvalue weighted by molar-refractivity contribution is -0.137. The largest absolute Gasteiger partial charge is 0.416 e. The third kappa shape index (κ3) is 8.60. The van der Waals surface area contributed by atoms with Gasteiger partial charge in [0.1, 0.15) is 5.69 Å². The Morgan fingerprint density at radius 1 is 1.03 bits per heavy atom. The molecule has 2 heterocycles. The molecule has 38 heavy (non-hydrogen) atoms. The molecule has 0 bridgehead atoms. The molecular formula is C29H30BrF3N4O. The van der Waals surface area contributed by atoms with Gasteiger partial charge in [0.15, 0.2) is 5.65 Å². The highest BCUT2D eigenvalue weighted by atomic mass is 79.9. The highest BCUT2D eigenvalue weighted by Gasteiger charge is 2.31. The molecular weight excluding hydrogens is 557 g/mol. The molecule has 0 spiro atoms. The number of carbonyl (C=O) groups is 1. The first-order chi connectivity index (χ1) is 18.2. The first kappa shape index (κ1) is 32.1. The van der Waals surface area contributed by atoms with Crippen LogP contribution >= 0.6 is 15.9 Å². The van der Waals surface area contributed by atoms with Crippen LogP contribution in [0.3, 0.4) is 0 Å². The SMILES string of the molecule is C=C.CC.CC.Cc1ccc(C(=O)Nc2cc(Br)cc(C(F)(F)F)c2)cc1C#Cc1cnc2cccnn12. The molecule has 2 aromatic carbocycles. The van der Waals surface area contributed by atoms with Gasteiger partial charge in [-0.2, -0.15) is 18.3 Å². The van der Waals surface area contributed by atoms with E-state index in [1.54, 1.807) is 47.2 Å². The van der Waals surface area contributed by atoms with Crippen molar-refractivity contribution in [3.05, 3.63) is 107 Å². The summed E-state index contributed by atoms with van der Waals surface area (Å²) in [4.78, 5) is 16.9. The van der Waals surface area contributed by atoms with Crippen LogP contribution in [-0.4, -0.2) is 20.5 Å². The number of hydrogen-bond acceptors (Lipinski definition) is 3. The maximum atomic E-state index is 13.0. The number of benzene rings is 2. The lowest BCUT2D eigenvalue weighted by Gasteiger charge is -2.11. The number of hydrogen-bond donors (Lipinski definition) is 1. The van der Waals surface area contributed by atoms with Crippen LogP contribution in [0.25, 0.3) is 5.65 Å². The van der Waals surface area contributed by atoms with E-state index in [4.69, 9.17) is 0 Å². The Hall–Kier alpha value is -3.90. The summed E-state index contributed by atoms with van der Waals surface area (Å²) in [6, 6.07) is 11.7. The van der Waals surface area contributed by atoms with Gasteiger partial charge in [0.05, 0.1) is 11.8 Å². The zero-order valence-corrected chi connectivity index (χ0v) is 23.5. The molecule has 1 amide bonds. The van der Waals surface area contributed by atoms with E-state index in [1.165, 1.54) is 6.07 Å². The second-order valence-electron chi connectivity index (χ2n) is 6.90. The number of rotatable bonds is 2. The van der Waals surface area contributed by atoms with Gasteiger partial charge in [-0.1, -0.05) is 55.6 Å². The van der Waals surface area contributed by atoms with E-state index in [0.29, 0.717) is 16.9 Å². The average Bonchev–Trinajstić information content (AvgIpc) is 3.34. The van der Waals surface area contributed by atoms with Gasteiger partial charge < -0.3 is 5.32 Å². The molecule has 0 aliphatic heterocycles. The van der Waals surface area contributed by atoms with Gasteiger partial charge in [0.25, 0.3) is 5.91 Å². The standard InChI is InChI=1S/C23H14BrF3N4O.2C2H6.C2H4/c1-14-4-5-16(22(32)30-19-11-17(23(25,26)27)10-18(24)12-19)9-15(14)6-7-20-13-28-21-3-2-8-29-31(20)21;3*1-2/h2-5,8-13H,1H3,(H,30,32);2*1-2H3;1-2H2. The summed E-state index contributed by atoms with van der Waals surface area (Å²) in [5, 5.41) is 6.71. The number of nitrogens with zero attached hydrogens (tertiary/aromatic N) is 3. The highest BCUT2D eigenvalue weighted by molar-refractivity contribution is 9.10. The highest BCUT2D eigenvalue weighted by Crippen LogP contribution is 2.33. The van der Waals surface area contributed by atoms with Crippen LogP contribution in [0.15, 0.2) is 78.6 Å². The molecule has 0 saturated heterocycles. The zero-order valence-electron chi connectivity index (χ0n) is 21.9. The van der Waals surface area contributed by atoms with Gasteiger partial charge in [-0.05, 0) is 60.9 Å². The zero-order chi connectivity index (χ0) is 28.9. The summed E-state index contributed by atoms with van der Waals surface area (Å²) in [6.07, 6.45) is -1.29. The molecule has 4 rings (SSSR count). The third-order valence-corrected chi connectivity index (χ3v) is 5.04. The van der Waals surface area contributed by atoms with Gasteiger partial charge in [0, 0.05) is 27.5 Å². The molecule has 0 atom stereocenters. The molecule has 2 aromatic heterocycles. The monoisotopic (exact) mass is 586 g/mol. The first-order valence-corrected chi connectivity index (χ1v) is 12.6. The number of imidazole rings is 1. The van der Waals surface area contributed by atoms with Crippen LogP contribution < -0.4 is 5.32 Å².